The van der Waals surface area contributed by atoms with Gasteiger partial charge in [-0.05, 0) is 35.3 Å². The summed E-state index contributed by atoms with van der Waals surface area (Å²) in [5.41, 5.74) is 2.14. The maximum Gasteiger partial charge on any atom is 0.192 e. The molecule has 0 amide bonds. The molecule has 5 unspecified atom stereocenters. The van der Waals surface area contributed by atoms with Crippen molar-refractivity contribution in [3.63, 3.8) is 0 Å². The van der Waals surface area contributed by atoms with E-state index in [0.29, 0.717) is 26.4 Å². The standard InChI is InChI=1S/C33H54O7Si2/c1-33(2,3)42(8,9)39-24-28-29(36-22-26-16-12-10-13-17-26)30(37-23-27-18-14-11-15-19-27)31(32(34-4)40-28)38-25-35-20-21-41(5,6)7/h10-19,28-32H,20-25H2,1-9H3. The minimum Gasteiger partial charge on any atom is -0.414 e. The van der Waals surface area contributed by atoms with Crippen molar-refractivity contribution in [1.82, 2.24) is 0 Å². The van der Waals surface area contributed by atoms with E-state index in [2.05, 4.69) is 77.8 Å². The minimum absolute atomic E-state index is 0.0603. The molecule has 0 spiro atoms. The quantitative estimate of drug-likeness (QED) is 0.112. The van der Waals surface area contributed by atoms with Crippen molar-refractivity contribution in [3.8, 4) is 0 Å². The highest BCUT2D eigenvalue weighted by Gasteiger charge is 2.50. The van der Waals surface area contributed by atoms with E-state index in [9.17, 15) is 0 Å². The molecule has 236 valence electrons. The van der Waals surface area contributed by atoms with Crippen LogP contribution in [0.4, 0.5) is 0 Å². The third kappa shape index (κ3) is 10.9. The summed E-state index contributed by atoms with van der Waals surface area (Å²) in [4.78, 5) is 0. The van der Waals surface area contributed by atoms with Crippen LogP contribution < -0.4 is 0 Å². The first-order valence-electron chi connectivity index (χ1n) is 15.1. The first-order valence-corrected chi connectivity index (χ1v) is 21.7. The molecule has 3 rings (SSSR count). The molecule has 0 bridgehead atoms. The van der Waals surface area contributed by atoms with E-state index in [0.717, 1.165) is 17.2 Å². The second-order valence-electron chi connectivity index (χ2n) is 13.8. The van der Waals surface area contributed by atoms with Crippen LogP contribution in [0.5, 0.6) is 0 Å². The van der Waals surface area contributed by atoms with Crippen LogP contribution in [0.1, 0.15) is 31.9 Å². The fraction of sp³-hybridized carbons (Fsp3) is 0.636. The molecule has 1 fully saturated rings. The van der Waals surface area contributed by atoms with E-state index in [1.807, 2.05) is 36.4 Å². The highest BCUT2D eigenvalue weighted by molar-refractivity contribution is 6.76. The average Bonchev–Trinajstić information content (AvgIpc) is 2.94. The zero-order valence-electron chi connectivity index (χ0n) is 27.3. The predicted octanol–water partition coefficient (Wildman–Crippen LogP) is 7.25. The number of rotatable bonds is 16. The highest BCUT2D eigenvalue weighted by atomic mass is 28.4. The summed E-state index contributed by atoms with van der Waals surface area (Å²) in [5, 5.41) is 0.0603. The molecule has 1 saturated heterocycles. The number of methoxy groups -OCH3 is 1. The topological polar surface area (TPSA) is 64.6 Å². The molecular formula is C33H54O7Si2. The summed E-state index contributed by atoms with van der Waals surface area (Å²) in [6, 6.07) is 21.4. The highest BCUT2D eigenvalue weighted by Crippen LogP contribution is 2.38. The Hall–Kier alpha value is -1.41. The summed E-state index contributed by atoms with van der Waals surface area (Å²) in [5.74, 6) is 0. The van der Waals surface area contributed by atoms with Gasteiger partial charge in [0.1, 0.15) is 31.2 Å². The Kier molecular flexibility index (Phi) is 13.4. The van der Waals surface area contributed by atoms with Crippen molar-refractivity contribution in [1.29, 1.82) is 0 Å². The molecule has 9 heteroatoms. The number of benzene rings is 2. The molecule has 5 atom stereocenters. The lowest BCUT2D eigenvalue weighted by Gasteiger charge is -2.46. The van der Waals surface area contributed by atoms with Crippen molar-refractivity contribution in [2.24, 2.45) is 0 Å². The van der Waals surface area contributed by atoms with Gasteiger partial charge in [0.05, 0.1) is 19.8 Å². The monoisotopic (exact) mass is 618 g/mol. The zero-order chi connectivity index (χ0) is 30.8. The van der Waals surface area contributed by atoms with Crippen LogP contribution in [-0.4, -0.2) is 74.2 Å². The molecule has 7 nitrogen and oxygen atoms in total. The maximum atomic E-state index is 6.66. The molecule has 1 heterocycles. The van der Waals surface area contributed by atoms with E-state index in [1.54, 1.807) is 7.11 Å². The largest absolute Gasteiger partial charge is 0.414 e. The van der Waals surface area contributed by atoms with Crippen LogP contribution in [0.25, 0.3) is 0 Å². The van der Waals surface area contributed by atoms with Gasteiger partial charge in [-0.2, -0.15) is 0 Å². The Labute approximate surface area is 256 Å². The molecule has 1 aliphatic heterocycles. The number of hydrogen-bond acceptors (Lipinski definition) is 7. The Morgan fingerprint density at radius 2 is 1.29 bits per heavy atom. The lowest BCUT2D eigenvalue weighted by Crippen LogP contribution is -2.62. The summed E-state index contributed by atoms with van der Waals surface area (Å²) in [6.45, 7) is 20.2. The van der Waals surface area contributed by atoms with Crippen LogP contribution in [-0.2, 0) is 46.1 Å². The summed E-state index contributed by atoms with van der Waals surface area (Å²) < 4.78 is 44.6. The number of hydrogen-bond donors (Lipinski definition) is 0. The van der Waals surface area contributed by atoms with Crippen molar-refractivity contribution >= 4 is 16.4 Å². The first-order chi connectivity index (χ1) is 19.8. The number of ether oxygens (including phenoxy) is 6. The van der Waals surface area contributed by atoms with Crippen LogP contribution in [0.3, 0.4) is 0 Å². The smallest absolute Gasteiger partial charge is 0.192 e. The van der Waals surface area contributed by atoms with Gasteiger partial charge in [0.25, 0.3) is 0 Å². The van der Waals surface area contributed by atoms with E-state index in [-0.39, 0.29) is 11.8 Å². The average molecular weight is 619 g/mol. The van der Waals surface area contributed by atoms with Gasteiger partial charge < -0.3 is 32.8 Å². The lowest BCUT2D eigenvalue weighted by atomic mass is 9.98. The molecule has 1 aliphatic rings. The van der Waals surface area contributed by atoms with Crippen LogP contribution in [0.2, 0.25) is 43.8 Å². The molecule has 42 heavy (non-hydrogen) atoms. The Morgan fingerprint density at radius 3 is 1.79 bits per heavy atom. The maximum absolute atomic E-state index is 6.66. The molecule has 0 aromatic heterocycles. The molecule has 0 N–H and O–H groups in total. The fourth-order valence-electron chi connectivity index (χ4n) is 4.37. The van der Waals surface area contributed by atoms with Gasteiger partial charge in [0, 0.05) is 21.8 Å². The zero-order valence-corrected chi connectivity index (χ0v) is 29.3. The minimum atomic E-state index is -2.06. The van der Waals surface area contributed by atoms with Gasteiger partial charge in [0.15, 0.2) is 14.6 Å². The summed E-state index contributed by atoms with van der Waals surface area (Å²) >= 11 is 0. The summed E-state index contributed by atoms with van der Waals surface area (Å²) in [6.07, 6.45) is -2.59. The normalized spacial score (nSPS) is 23.7. The van der Waals surface area contributed by atoms with E-state index < -0.39 is 47.1 Å². The van der Waals surface area contributed by atoms with Gasteiger partial charge in [-0.3, -0.25) is 0 Å². The van der Waals surface area contributed by atoms with Crippen molar-refractivity contribution in [2.75, 3.05) is 27.1 Å². The molecule has 0 aliphatic carbocycles. The van der Waals surface area contributed by atoms with Gasteiger partial charge in [-0.25, -0.2) is 0 Å². The van der Waals surface area contributed by atoms with Gasteiger partial charge in [0.2, 0.25) is 0 Å². The molecule has 0 radical (unpaired) electrons. The lowest BCUT2D eigenvalue weighted by molar-refractivity contribution is -0.328. The van der Waals surface area contributed by atoms with E-state index in [4.69, 9.17) is 32.8 Å². The fourth-order valence-corrected chi connectivity index (χ4v) is 6.14. The molecule has 2 aromatic carbocycles. The first kappa shape index (κ1) is 35.1. The summed E-state index contributed by atoms with van der Waals surface area (Å²) in [7, 11) is -1.64. The Bertz CT molecular complexity index is 1020. The Morgan fingerprint density at radius 1 is 0.738 bits per heavy atom. The van der Waals surface area contributed by atoms with Crippen LogP contribution >= 0.6 is 0 Å². The van der Waals surface area contributed by atoms with E-state index >= 15 is 0 Å². The predicted molar refractivity (Wildman–Crippen MR) is 173 cm³/mol. The van der Waals surface area contributed by atoms with Crippen LogP contribution in [0.15, 0.2) is 60.7 Å². The van der Waals surface area contributed by atoms with Gasteiger partial charge in [-0.1, -0.05) is 101 Å². The van der Waals surface area contributed by atoms with E-state index in [1.165, 1.54) is 0 Å². The van der Waals surface area contributed by atoms with Gasteiger partial charge >= 0.3 is 0 Å². The third-order valence-electron chi connectivity index (χ3n) is 8.15. The third-order valence-corrected chi connectivity index (χ3v) is 14.4. The second-order valence-corrected chi connectivity index (χ2v) is 24.3. The molecular weight excluding hydrogens is 565 g/mol. The molecule has 0 saturated carbocycles. The SMILES string of the molecule is COC1OC(CO[Si](C)(C)C(C)(C)C)C(OCc2ccccc2)C(OCc2ccccc2)C1OCOCC[Si](C)(C)C. The molecule has 2 aromatic rings. The van der Waals surface area contributed by atoms with Crippen molar-refractivity contribution in [2.45, 2.75) is 109 Å². The second kappa shape index (κ2) is 16.1. The van der Waals surface area contributed by atoms with Gasteiger partial charge in [-0.15, -0.1) is 0 Å². The van der Waals surface area contributed by atoms with Crippen LogP contribution in [0, 0.1) is 0 Å². The van der Waals surface area contributed by atoms with Crippen molar-refractivity contribution in [3.05, 3.63) is 71.8 Å². The Balaban J connectivity index is 1.86. The van der Waals surface area contributed by atoms with Crippen molar-refractivity contribution < 1.29 is 32.8 Å².